The van der Waals surface area contributed by atoms with Crippen molar-refractivity contribution in [1.82, 2.24) is 4.90 Å². The predicted molar refractivity (Wildman–Crippen MR) is 126 cm³/mol. The Hall–Kier alpha value is -3.12. The van der Waals surface area contributed by atoms with E-state index in [1.807, 2.05) is 58.9 Å². The summed E-state index contributed by atoms with van der Waals surface area (Å²) in [6, 6.07) is 16.0. The van der Waals surface area contributed by atoms with E-state index in [0.717, 1.165) is 11.1 Å². The van der Waals surface area contributed by atoms with Gasteiger partial charge in [0, 0.05) is 12.0 Å². The average Bonchev–Trinajstić information content (AvgIpc) is 3.23. The first-order chi connectivity index (χ1) is 15.6. The molecule has 0 saturated carbocycles. The highest BCUT2D eigenvalue weighted by Crippen LogP contribution is 2.44. The zero-order chi connectivity index (χ0) is 23.8. The zero-order valence-electron chi connectivity index (χ0n) is 19.8. The molecule has 1 saturated heterocycles. The number of fused-ring (bicyclic) bond motifs is 3. The lowest BCUT2D eigenvalue weighted by Crippen LogP contribution is -2.47. The summed E-state index contributed by atoms with van der Waals surface area (Å²) in [6.07, 6.45) is 2.52. The van der Waals surface area contributed by atoms with Gasteiger partial charge in [-0.15, -0.1) is 0 Å². The number of nitrogens with zero attached hydrogens (tertiary/aromatic N) is 1. The molecule has 6 nitrogen and oxygen atoms in total. The molecule has 2 aromatic rings. The van der Waals surface area contributed by atoms with Gasteiger partial charge in [-0.3, -0.25) is 4.90 Å². The Morgan fingerprint density at radius 2 is 1.64 bits per heavy atom. The Morgan fingerprint density at radius 3 is 2.21 bits per heavy atom. The number of carbonyl (C=O) groups excluding carboxylic acids is 2. The third-order valence-corrected chi connectivity index (χ3v) is 5.91. The van der Waals surface area contributed by atoms with Gasteiger partial charge < -0.3 is 14.2 Å². The van der Waals surface area contributed by atoms with Crippen LogP contribution in [0.1, 0.15) is 51.7 Å². The van der Waals surface area contributed by atoms with E-state index >= 15 is 0 Å². The summed E-state index contributed by atoms with van der Waals surface area (Å²) in [5, 5.41) is 0. The van der Waals surface area contributed by atoms with Gasteiger partial charge in [0.05, 0.1) is 12.6 Å². The van der Waals surface area contributed by atoms with Crippen LogP contribution in [0.5, 0.6) is 0 Å². The molecular weight excluding hydrogens is 418 g/mol. The Kier molecular flexibility index (Phi) is 6.06. The minimum absolute atomic E-state index is 0.0243. The molecule has 0 bridgehead atoms. The number of esters is 1. The third-order valence-electron chi connectivity index (χ3n) is 5.91. The first kappa shape index (κ1) is 23.1. The van der Waals surface area contributed by atoms with E-state index < -0.39 is 29.4 Å². The van der Waals surface area contributed by atoms with E-state index in [4.69, 9.17) is 14.2 Å². The monoisotopic (exact) mass is 449 g/mol. The predicted octanol–water partition coefficient (Wildman–Crippen LogP) is 5.27. The van der Waals surface area contributed by atoms with Crippen LogP contribution < -0.4 is 0 Å². The fourth-order valence-corrected chi connectivity index (χ4v) is 4.52. The number of hydrogen-bond acceptors (Lipinski definition) is 5. The summed E-state index contributed by atoms with van der Waals surface area (Å²) in [6.45, 7) is 9.56. The second-order valence-electron chi connectivity index (χ2n) is 9.89. The van der Waals surface area contributed by atoms with Crippen molar-refractivity contribution in [2.75, 3.05) is 13.2 Å². The molecule has 4 rings (SSSR count). The van der Waals surface area contributed by atoms with Crippen LogP contribution in [0.2, 0.25) is 0 Å². The first-order valence-corrected chi connectivity index (χ1v) is 11.3. The molecule has 0 unspecified atom stereocenters. The maximum Gasteiger partial charge on any atom is 0.412 e. The van der Waals surface area contributed by atoms with E-state index in [1.54, 1.807) is 11.0 Å². The van der Waals surface area contributed by atoms with Gasteiger partial charge in [0.2, 0.25) is 0 Å². The van der Waals surface area contributed by atoms with Gasteiger partial charge in [0.15, 0.2) is 0 Å². The summed E-state index contributed by atoms with van der Waals surface area (Å²) >= 11 is 0. The molecule has 1 atom stereocenters. The molecule has 2 aliphatic rings. The SMILES string of the molecule is CC(C)(C)OC(=O)/C=C/[C@H]1COC(C)(C)N1C(=O)OCC1c2ccccc2-c2ccccc21. The quantitative estimate of drug-likeness (QED) is 0.470. The van der Waals surface area contributed by atoms with Crippen molar-refractivity contribution in [2.24, 2.45) is 0 Å². The van der Waals surface area contributed by atoms with Gasteiger partial charge in [0.25, 0.3) is 0 Å². The lowest BCUT2D eigenvalue weighted by molar-refractivity contribution is -0.148. The fourth-order valence-electron chi connectivity index (χ4n) is 4.52. The van der Waals surface area contributed by atoms with Crippen LogP contribution in [-0.2, 0) is 19.0 Å². The van der Waals surface area contributed by atoms with E-state index in [1.165, 1.54) is 17.2 Å². The van der Waals surface area contributed by atoms with E-state index in [2.05, 4.69) is 24.3 Å². The smallest absolute Gasteiger partial charge is 0.412 e. The number of carbonyl (C=O) groups is 2. The van der Waals surface area contributed by atoms with E-state index in [9.17, 15) is 9.59 Å². The normalized spacial score (nSPS) is 19.4. The van der Waals surface area contributed by atoms with Crippen LogP contribution in [0.4, 0.5) is 4.79 Å². The van der Waals surface area contributed by atoms with Crippen LogP contribution >= 0.6 is 0 Å². The average molecular weight is 450 g/mol. The largest absolute Gasteiger partial charge is 0.457 e. The minimum atomic E-state index is -0.856. The number of rotatable bonds is 4. The van der Waals surface area contributed by atoms with Crippen molar-refractivity contribution >= 4 is 12.1 Å². The van der Waals surface area contributed by atoms with Gasteiger partial charge in [0.1, 0.15) is 17.9 Å². The minimum Gasteiger partial charge on any atom is -0.457 e. The van der Waals surface area contributed by atoms with Crippen LogP contribution in [0, 0.1) is 0 Å². The molecule has 33 heavy (non-hydrogen) atoms. The second-order valence-corrected chi connectivity index (χ2v) is 9.89. The van der Waals surface area contributed by atoms with Crippen LogP contribution in [0.25, 0.3) is 11.1 Å². The Bertz CT molecular complexity index is 1040. The molecule has 1 heterocycles. The maximum absolute atomic E-state index is 13.2. The molecule has 1 fully saturated rings. The number of amides is 1. The molecule has 2 aromatic carbocycles. The number of benzene rings is 2. The summed E-state index contributed by atoms with van der Waals surface area (Å²) in [5.74, 6) is -0.483. The fraction of sp³-hybridized carbons (Fsp3) is 0.407. The first-order valence-electron chi connectivity index (χ1n) is 11.3. The Labute approximate surface area is 195 Å². The maximum atomic E-state index is 13.2. The van der Waals surface area contributed by atoms with Crippen molar-refractivity contribution in [3.63, 3.8) is 0 Å². The highest BCUT2D eigenvalue weighted by atomic mass is 16.6. The second kappa shape index (κ2) is 8.67. The third kappa shape index (κ3) is 4.81. The van der Waals surface area contributed by atoms with E-state index in [-0.39, 0.29) is 19.1 Å². The summed E-state index contributed by atoms with van der Waals surface area (Å²) < 4.78 is 17.0. The highest BCUT2D eigenvalue weighted by Gasteiger charge is 2.44. The van der Waals surface area contributed by atoms with Gasteiger partial charge in [-0.25, -0.2) is 9.59 Å². The van der Waals surface area contributed by atoms with Crippen molar-refractivity contribution in [2.45, 2.75) is 57.9 Å². The summed E-state index contributed by atoms with van der Waals surface area (Å²) in [4.78, 5) is 26.8. The summed E-state index contributed by atoms with van der Waals surface area (Å²) in [5.41, 5.74) is 3.23. The lowest BCUT2D eigenvalue weighted by atomic mass is 9.98. The number of hydrogen-bond donors (Lipinski definition) is 0. The topological polar surface area (TPSA) is 65.1 Å². The molecule has 174 valence electrons. The molecule has 0 N–H and O–H groups in total. The molecule has 1 aliphatic heterocycles. The van der Waals surface area contributed by atoms with Crippen LogP contribution in [0.15, 0.2) is 60.7 Å². The molecule has 0 radical (unpaired) electrons. The standard InChI is InChI=1S/C27H31NO5/c1-26(2,3)33-24(29)15-14-18-16-32-27(4,5)28(18)25(30)31-17-23-21-12-8-6-10-19(21)20-11-7-9-13-22(20)23/h6-15,18,23H,16-17H2,1-5H3/b15-14+/t18-/m0/s1. The molecule has 1 aliphatic carbocycles. The Balaban J connectivity index is 1.48. The molecular formula is C27H31NO5. The Morgan fingerprint density at radius 1 is 1.06 bits per heavy atom. The van der Waals surface area contributed by atoms with Crippen LogP contribution in [-0.4, -0.2) is 47.5 Å². The van der Waals surface area contributed by atoms with Gasteiger partial charge in [-0.05, 0) is 56.9 Å². The summed E-state index contributed by atoms with van der Waals surface area (Å²) in [7, 11) is 0. The molecule has 6 heteroatoms. The van der Waals surface area contributed by atoms with Gasteiger partial charge in [-0.2, -0.15) is 0 Å². The van der Waals surface area contributed by atoms with Crippen LogP contribution in [0.3, 0.4) is 0 Å². The zero-order valence-corrected chi connectivity index (χ0v) is 19.8. The molecule has 0 spiro atoms. The van der Waals surface area contributed by atoms with Crippen molar-refractivity contribution in [1.29, 1.82) is 0 Å². The molecule has 1 amide bonds. The van der Waals surface area contributed by atoms with Gasteiger partial charge >= 0.3 is 12.1 Å². The van der Waals surface area contributed by atoms with E-state index in [0.29, 0.717) is 0 Å². The van der Waals surface area contributed by atoms with Crippen molar-refractivity contribution in [3.05, 3.63) is 71.8 Å². The molecule has 0 aromatic heterocycles. The van der Waals surface area contributed by atoms with Crippen molar-refractivity contribution < 1.29 is 23.8 Å². The van der Waals surface area contributed by atoms with Gasteiger partial charge in [-0.1, -0.05) is 54.6 Å². The van der Waals surface area contributed by atoms with Crippen molar-refractivity contribution in [3.8, 4) is 11.1 Å². The highest BCUT2D eigenvalue weighted by molar-refractivity contribution is 5.82. The lowest BCUT2D eigenvalue weighted by Gasteiger charge is -2.32. The number of ether oxygens (including phenoxy) is 3.